The summed E-state index contributed by atoms with van der Waals surface area (Å²) >= 11 is 18.6. The van der Waals surface area contributed by atoms with Crippen LogP contribution in [0.3, 0.4) is 0 Å². The summed E-state index contributed by atoms with van der Waals surface area (Å²) in [6.07, 6.45) is 32.3. The fourth-order valence-corrected chi connectivity index (χ4v) is 22.4. The van der Waals surface area contributed by atoms with Crippen molar-refractivity contribution in [3.63, 3.8) is 0 Å². The summed E-state index contributed by atoms with van der Waals surface area (Å²) in [5.74, 6) is 14.7. The van der Waals surface area contributed by atoms with Gasteiger partial charge in [-0.1, -0.05) is 120 Å². The molecule has 26 rings (SSSR count). The highest BCUT2D eigenvalue weighted by Crippen LogP contribution is 2.53. The second-order valence-corrected chi connectivity index (χ2v) is 39.5. The molecule has 6 bridgehead atoms. The highest BCUT2D eigenvalue weighted by atomic mass is 35.5. The van der Waals surface area contributed by atoms with Crippen LogP contribution in [0.4, 0.5) is 10.2 Å². The van der Waals surface area contributed by atoms with E-state index in [0.29, 0.717) is 137 Å². The molecule has 15 heterocycles. The van der Waals surface area contributed by atoms with Crippen molar-refractivity contribution in [1.82, 2.24) is 105 Å². The van der Waals surface area contributed by atoms with Gasteiger partial charge in [0, 0.05) is 65.4 Å². The summed E-state index contributed by atoms with van der Waals surface area (Å²) in [4.78, 5) is 56.4. The van der Waals surface area contributed by atoms with E-state index < -0.39 is 5.82 Å². The Morgan fingerprint density at radius 3 is 1.43 bits per heavy atom. The van der Waals surface area contributed by atoms with Crippen LogP contribution in [0, 0.1) is 82.2 Å². The normalized spacial score (nSPS) is 22.7. The van der Waals surface area contributed by atoms with Gasteiger partial charge in [0.2, 0.25) is 0 Å². The Morgan fingerprint density at radius 2 is 0.937 bits per heavy atom. The summed E-state index contributed by atoms with van der Waals surface area (Å²) in [5.41, 5.74) is 12.8. The number of benzene rings is 1. The Morgan fingerprint density at radius 1 is 0.472 bits per heavy atom. The second-order valence-electron chi connectivity index (χ2n) is 38.2. The number of aromatic nitrogens is 21. The summed E-state index contributed by atoms with van der Waals surface area (Å²) in [6.45, 7) is 20.7. The first kappa shape index (κ1) is 83.9. The molecule has 16 aromatic rings. The van der Waals surface area contributed by atoms with E-state index in [1.807, 2.05) is 60.7 Å². The predicted octanol–water partition coefficient (Wildman–Crippen LogP) is 24.4. The molecule has 1 aromatic carbocycles. The summed E-state index contributed by atoms with van der Waals surface area (Å²) in [7, 11) is 0. The van der Waals surface area contributed by atoms with Crippen LogP contribution in [0.2, 0.25) is 15.1 Å². The van der Waals surface area contributed by atoms with Crippen LogP contribution >= 0.6 is 34.8 Å². The third-order valence-electron chi connectivity index (χ3n) is 29.2. The molecular formula is C99H106Cl3FN22O2. The number of pyridine rings is 4. The van der Waals surface area contributed by atoms with Crippen LogP contribution in [0.25, 0.3) is 135 Å². The smallest absolute Gasteiger partial charge is 0.182 e. The van der Waals surface area contributed by atoms with Crippen molar-refractivity contribution >= 4 is 95.8 Å². The molecule has 127 heavy (non-hydrogen) atoms. The number of furan rings is 2. The van der Waals surface area contributed by atoms with Crippen LogP contribution in [0.5, 0.6) is 0 Å². The van der Waals surface area contributed by atoms with Crippen LogP contribution in [0.15, 0.2) is 149 Å². The first-order chi connectivity index (χ1) is 61.6. The van der Waals surface area contributed by atoms with Crippen LogP contribution in [-0.2, 0) is 19.3 Å². The largest absolute Gasteiger partial charge is 0.463 e. The number of fused-ring (bicyclic) bond motifs is 14. The van der Waals surface area contributed by atoms with E-state index in [1.165, 1.54) is 102 Å². The number of hydrogen-bond donors (Lipinski definition) is 5. The molecule has 0 saturated heterocycles. The van der Waals surface area contributed by atoms with Crippen LogP contribution in [0.1, 0.15) is 193 Å². The minimum absolute atomic E-state index is 0.183. The van der Waals surface area contributed by atoms with E-state index in [4.69, 9.17) is 83.5 Å². The van der Waals surface area contributed by atoms with Gasteiger partial charge >= 0.3 is 0 Å². The third-order valence-corrected chi connectivity index (χ3v) is 29.9. The number of H-pyrrole nitrogens is 4. The van der Waals surface area contributed by atoms with Crippen molar-refractivity contribution in [3.05, 3.63) is 184 Å². The van der Waals surface area contributed by atoms with E-state index in [0.717, 1.165) is 157 Å². The van der Waals surface area contributed by atoms with Gasteiger partial charge < -0.3 is 18.7 Å². The van der Waals surface area contributed by atoms with Crippen molar-refractivity contribution in [3.8, 4) is 80.2 Å². The van der Waals surface area contributed by atoms with Crippen molar-refractivity contribution in [2.45, 2.75) is 196 Å². The number of hydrogen-bond acceptors (Lipinski definition) is 19. The maximum atomic E-state index is 14.0. The monoisotopic (exact) mass is 1760 g/mol. The Balaban J connectivity index is 0.000000107. The molecule has 0 amide bonds. The number of aromatic amines is 4. The molecule has 10 aliphatic carbocycles. The molecule has 0 spiro atoms. The lowest BCUT2D eigenvalue weighted by Crippen LogP contribution is -2.47. The Labute approximate surface area is 751 Å². The van der Waals surface area contributed by atoms with Gasteiger partial charge in [0.05, 0.1) is 60.2 Å². The first-order valence-corrected chi connectivity index (χ1v) is 46.7. The Kier molecular flexibility index (Phi) is 23.2. The van der Waals surface area contributed by atoms with Gasteiger partial charge in [-0.2, -0.15) is 20.4 Å². The van der Waals surface area contributed by atoms with Gasteiger partial charge in [-0.15, -0.1) is 0 Å². The third kappa shape index (κ3) is 17.2. The van der Waals surface area contributed by atoms with Gasteiger partial charge in [0.15, 0.2) is 57.4 Å². The van der Waals surface area contributed by atoms with Gasteiger partial charge in [-0.25, -0.2) is 64.2 Å². The quantitative estimate of drug-likeness (QED) is 0.0533. The molecule has 28 heteroatoms. The maximum absolute atomic E-state index is 14.0. The number of anilines is 1. The molecule has 0 radical (unpaired) electrons. The molecule has 5 N–H and O–H groups in total. The van der Waals surface area contributed by atoms with Crippen molar-refractivity contribution < 1.29 is 13.2 Å². The summed E-state index contributed by atoms with van der Waals surface area (Å²) < 4.78 is 28.0. The molecular weight excluding hydrogens is 1650 g/mol. The van der Waals surface area contributed by atoms with Gasteiger partial charge in [0.25, 0.3) is 0 Å². The summed E-state index contributed by atoms with van der Waals surface area (Å²) in [6, 6.07) is 34.4. The zero-order valence-electron chi connectivity index (χ0n) is 73.1. The predicted molar refractivity (Wildman–Crippen MR) is 496 cm³/mol. The number of halogens is 4. The van der Waals surface area contributed by atoms with Gasteiger partial charge in [-0.05, 0) is 272 Å². The van der Waals surface area contributed by atoms with E-state index in [-0.39, 0.29) is 5.41 Å². The molecule has 10 fully saturated rings. The minimum atomic E-state index is -0.404. The molecule has 652 valence electrons. The maximum Gasteiger partial charge on any atom is 0.182 e. The lowest BCUT2D eigenvalue weighted by molar-refractivity contribution is 0.0339. The molecule has 0 unspecified atom stereocenters. The molecule has 10 saturated carbocycles. The van der Waals surface area contributed by atoms with E-state index in [1.54, 1.807) is 24.9 Å². The van der Waals surface area contributed by atoms with Gasteiger partial charge in [0.1, 0.15) is 57.2 Å². The molecule has 7 atom stereocenters. The highest BCUT2D eigenvalue weighted by molar-refractivity contribution is 6.32. The Bertz CT molecular complexity index is 6630. The SMILES string of the molecule is CC(C)n1ccc2c(N[C@H]3C4CCC(CC4)[C@@H]3C)nc(-c3[nH]nc4ncc(Cl)cc34)nc21.CC[C@@H](Cc1cc(-c2ccco2)nc(-c2[nH]nc3ncc(Cl)cc23)n1)C(C)(C)C.C[C@H]1C2CCC(CC2)[C@@H]1Cc1cc(-c2ccc(C3CC3)o2)nc(-c2[nH]nc3ncc(F)cc23)n1.C[C@H]1C2CCC(CC2)[C@@H]1Cc1cc(-c2ccccc2)nc(-c2[nH]nc3ncc(Cl)cc23)n1. The summed E-state index contributed by atoms with van der Waals surface area (Å²) in [5, 5.41) is 39.2. The van der Waals surface area contributed by atoms with Crippen molar-refractivity contribution in [1.29, 1.82) is 0 Å². The topological polar surface area (TPSA) is 313 Å². The fraction of sp³-hybridized carbons (Fsp3) is 0.434. The molecule has 0 aliphatic heterocycles. The second kappa shape index (κ2) is 35.1. The van der Waals surface area contributed by atoms with Gasteiger partial charge in [-0.3, -0.25) is 20.4 Å². The number of nitrogens with zero attached hydrogens (tertiary/aromatic N) is 17. The van der Waals surface area contributed by atoms with E-state index in [9.17, 15) is 4.39 Å². The molecule has 10 aliphatic rings. The van der Waals surface area contributed by atoms with E-state index in [2.05, 4.69) is 176 Å². The minimum Gasteiger partial charge on any atom is -0.463 e. The highest BCUT2D eigenvalue weighted by Gasteiger charge is 2.45. The number of nitrogens with one attached hydrogen (secondary N) is 5. The zero-order valence-corrected chi connectivity index (χ0v) is 75.4. The average Bonchev–Trinajstić information content (AvgIpc) is 1.70. The van der Waals surface area contributed by atoms with Crippen LogP contribution in [-0.4, -0.2) is 111 Å². The lowest BCUT2D eigenvalue weighted by Gasteiger charge is -2.47. The van der Waals surface area contributed by atoms with Crippen LogP contribution < -0.4 is 5.32 Å². The molecule has 24 nitrogen and oxygen atoms in total. The first-order valence-electron chi connectivity index (χ1n) is 45.6. The zero-order chi connectivity index (χ0) is 87.0. The van der Waals surface area contributed by atoms with Crippen molar-refractivity contribution in [2.75, 3.05) is 5.32 Å². The fourth-order valence-electron chi connectivity index (χ4n) is 21.9. The standard InChI is InChI=1S/C27H28FN5O.C26H26ClN5.C24H28ClN7.C22H24ClN5O/c1-14-15-2-4-16(5-3-15)20(14)11-19-12-22(24-9-8-23(34-24)17-6-7-17)31-27(30-19)25-21-10-18(28)13-29-26(21)33-32-25;1-15-16-7-9-17(10-8-16)21(15)12-20-13-23(18-5-3-2-4-6-18)30-26(29-20)24-22-11-19(27)14-28-25(22)32-31-24;1-12(2)32-9-8-17-22(27-19-13(3)14-4-6-15(19)7-5-14)28-23(29-24(17)32)20-18-10-16(25)11-26-21(18)31-30-20;1-5-13(22(2,3)4)9-15-11-17(18-7-6-8-29-18)26-21(25-15)19-16-10-14(23)12-24-20(16)28-27-19/h8-10,12-17,20H,2-7,11H2,1H3,(H,29,32,33);2-6,11,13-17,21H,7-10,12H2,1H3,(H,28,31,32);8-15,19H,4-7H2,1-3H3,(H,26,30,31)(H,27,28,29);6-8,10-13H,5,9H2,1-4H3,(H,24,27,28)/t14-,15?,16?,20+;15-,16?,17?,21+;13-,14?,15?,19+;13-/m0000/s1. The molecule has 15 aromatic heterocycles. The lowest BCUT2D eigenvalue weighted by atomic mass is 9.58. The number of rotatable bonds is 18. The van der Waals surface area contributed by atoms with E-state index >= 15 is 0 Å². The Hall–Kier alpha value is -11.3. The average molecular weight is 1760 g/mol. The van der Waals surface area contributed by atoms with Crippen molar-refractivity contribution in [2.24, 2.45) is 76.4 Å².